The fourth-order valence-electron chi connectivity index (χ4n) is 2.32. The summed E-state index contributed by atoms with van der Waals surface area (Å²) in [6.45, 7) is 0. The van der Waals surface area contributed by atoms with Crippen molar-refractivity contribution in [2.24, 2.45) is 0 Å². The standard InChI is InChI=1S/C16H13ClN4O5/c1-25-11-5-12(26-2)10(4-9(11)17)19-14(22)7-3-8-13(18-6-7)20-16(24)21-15(8)23/h3-6H,1-2H3,(H,19,22)(H2,18,20,21,23,24). The molecule has 0 fully saturated rings. The fraction of sp³-hybridized carbons (Fsp3) is 0.125. The van der Waals surface area contributed by atoms with Crippen molar-refractivity contribution in [3.63, 3.8) is 0 Å². The van der Waals surface area contributed by atoms with Gasteiger partial charge in [-0.05, 0) is 12.1 Å². The maximum Gasteiger partial charge on any atom is 0.327 e. The molecule has 3 rings (SSSR count). The molecule has 2 heterocycles. The molecule has 9 nitrogen and oxygen atoms in total. The number of nitrogens with zero attached hydrogens (tertiary/aromatic N) is 1. The Kier molecular flexibility index (Phi) is 4.63. The normalized spacial score (nSPS) is 10.6. The number of benzene rings is 1. The summed E-state index contributed by atoms with van der Waals surface area (Å²) >= 11 is 6.08. The molecule has 0 atom stereocenters. The minimum absolute atomic E-state index is 0.0805. The van der Waals surface area contributed by atoms with Gasteiger partial charge in [0.25, 0.3) is 11.5 Å². The monoisotopic (exact) mass is 376 g/mol. The lowest BCUT2D eigenvalue weighted by molar-refractivity contribution is 0.102. The van der Waals surface area contributed by atoms with Crippen LogP contribution in [-0.2, 0) is 0 Å². The first-order valence-corrected chi connectivity index (χ1v) is 7.66. The van der Waals surface area contributed by atoms with E-state index in [2.05, 4.69) is 20.3 Å². The molecule has 26 heavy (non-hydrogen) atoms. The van der Waals surface area contributed by atoms with Crippen LogP contribution in [0.3, 0.4) is 0 Å². The van der Waals surface area contributed by atoms with Crippen LogP contribution < -0.4 is 26.0 Å². The van der Waals surface area contributed by atoms with Crippen LogP contribution in [-0.4, -0.2) is 35.1 Å². The van der Waals surface area contributed by atoms with E-state index in [9.17, 15) is 14.4 Å². The molecule has 0 unspecified atom stereocenters. The zero-order valence-electron chi connectivity index (χ0n) is 13.7. The highest BCUT2D eigenvalue weighted by atomic mass is 35.5. The summed E-state index contributed by atoms with van der Waals surface area (Å²) < 4.78 is 10.3. The molecule has 0 radical (unpaired) electrons. The molecule has 10 heteroatoms. The average Bonchev–Trinajstić information content (AvgIpc) is 2.61. The van der Waals surface area contributed by atoms with E-state index in [0.717, 1.165) is 0 Å². The molecule has 0 aliphatic rings. The highest BCUT2D eigenvalue weighted by Crippen LogP contribution is 2.36. The topological polar surface area (TPSA) is 126 Å². The molecule has 1 aromatic carbocycles. The van der Waals surface area contributed by atoms with Crippen LogP contribution in [0.2, 0.25) is 5.02 Å². The minimum Gasteiger partial charge on any atom is -0.495 e. The number of carbonyl (C=O) groups excluding carboxylic acids is 1. The van der Waals surface area contributed by atoms with Gasteiger partial charge >= 0.3 is 5.69 Å². The van der Waals surface area contributed by atoms with Gasteiger partial charge < -0.3 is 14.8 Å². The van der Waals surface area contributed by atoms with Gasteiger partial charge in [0, 0.05) is 12.3 Å². The van der Waals surface area contributed by atoms with Crippen molar-refractivity contribution in [3.8, 4) is 11.5 Å². The van der Waals surface area contributed by atoms with Gasteiger partial charge in [0.05, 0.1) is 35.9 Å². The SMILES string of the molecule is COc1cc(OC)c(NC(=O)c2cnc3[nH]c(=O)[nH]c(=O)c3c2)cc1Cl. The molecule has 0 spiro atoms. The number of aromatic nitrogens is 3. The Morgan fingerprint density at radius 1 is 1.12 bits per heavy atom. The first kappa shape index (κ1) is 17.5. The Bertz CT molecular complexity index is 1120. The summed E-state index contributed by atoms with van der Waals surface area (Å²) in [5.74, 6) is 0.199. The zero-order valence-corrected chi connectivity index (χ0v) is 14.4. The number of nitrogens with one attached hydrogen (secondary N) is 3. The van der Waals surface area contributed by atoms with Gasteiger partial charge in [-0.25, -0.2) is 9.78 Å². The third kappa shape index (κ3) is 3.24. The summed E-state index contributed by atoms with van der Waals surface area (Å²) in [6, 6.07) is 4.34. The lowest BCUT2D eigenvalue weighted by Gasteiger charge is -2.13. The highest BCUT2D eigenvalue weighted by molar-refractivity contribution is 6.32. The number of fused-ring (bicyclic) bond motifs is 1. The Hall–Kier alpha value is -3.33. The maximum absolute atomic E-state index is 12.5. The molecule has 0 saturated heterocycles. The number of anilines is 1. The van der Waals surface area contributed by atoms with Crippen LogP contribution in [0.25, 0.3) is 11.0 Å². The first-order chi connectivity index (χ1) is 12.4. The van der Waals surface area contributed by atoms with E-state index in [4.69, 9.17) is 21.1 Å². The first-order valence-electron chi connectivity index (χ1n) is 7.28. The number of ether oxygens (including phenoxy) is 2. The third-order valence-corrected chi connectivity index (χ3v) is 3.87. The molecule has 3 aromatic rings. The van der Waals surface area contributed by atoms with Crippen LogP contribution in [0.5, 0.6) is 11.5 Å². The van der Waals surface area contributed by atoms with Gasteiger partial charge in [-0.15, -0.1) is 0 Å². The Labute approximate surface area is 150 Å². The minimum atomic E-state index is -0.676. The number of hydrogen-bond acceptors (Lipinski definition) is 6. The molecule has 1 amide bonds. The van der Waals surface area contributed by atoms with E-state index in [-0.39, 0.29) is 21.6 Å². The number of methoxy groups -OCH3 is 2. The number of halogens is 1. The number of rotatable bonds is 4. The number of carbonyl (C=O) groups is 1. The summed E-state index contributed by atoms with van der Waals surface area (Å²) in [7, 11) is 2.90. The quantitative estimate of drug-likeness (QED) is 0.634. The van der Waals surface area contributed by atoms with Crippen molar-refractivity contribution < 1.29 is 14.3 Å². The summed E-state index contributed by atoms with van der Waals surface area (Å²) in [5, 5.41) is 3.00. The molecule has 2 aromatic heterocycles. The van der Waals surface area contributed by atoms with E-state index in [1.54, 1.807) is 0 Å². The van der Waals surface area contributed by atoms with Gasteiger partial charge in [-0.1, -0.05) is 11.6 Å². The van der Waals surface area contributed by atoms with Crippen LogP contribution in [0.15, 0.2) is 34.0 Å². The van der Waals surface area contributed by atoms with Crippen LogP contribution in [0, 0.1) is 0 Å². The van der Waals surface area contributed by atoms with Crippen molar-refractivity contribution in [1.29, 1.82) is 0 Å². The maximum atomic E-state index is 12.5. The molecule has 0 aliphatic heterocycles. The summed E-state index contributed by atoms with van der Waals surface area (Å²) in [6.07, 6.45) is 1.24. The second kappa shape index (κ2) is 6.89. The van der Waals surface area contributed by atoms with Gasteiger partial charge in [0.15, 0.2) is 0 Å². The molecule has 134 valence electrons. The van der Waals surface area contributed by atoms with Crippen molar-refractivity contribution in [2.45, 2.75) is 0 Å². The van der Waals surface area contributed by atoms with E-state index in [1.165, 1.54) is 38.6 Å². The summed E-state index contributed by atoms with van der Waals surface area (Å²) in [4.78, 5) is 44.0. The highest BCUT2D eigenvalue weighted by Gasteiger charge is 2.15. The van der Waals surface area contributed by atoms with E-state index in [1.807, 2.05) is 0 Å². The number of aromatic amines is 2. The van der Waals surface area contributed by atoms with Crippen molar-refractivity contribution >= 4 is 34.2 Å². The van der Waals surface area contributed by atoms with Gasteiger partial charge in [-0.3, -0.25) is 19.6 Å². The Morgan fingerprint density at radius 2 is 1.85 bits per heavy atom. The predicted octanol–water partition coefficient (Wildman–Crippen LogP) is 1.53. The largest absolute Gasteiger partial charge is 0.495 e. The van der Waals surface area contributed by atoms with Crippen molar-refractivity contribution in [3.05, 3.63) is 55.8 Å². The van der Waals surface area contributed by atoms with E-state index < -0.39 is 17.2 Å². The lowest BCUT2D eigenvalue weighted by atomic mass is 10.2. The number of pyridine rings is 1. The predicted molar refractivity (Wildman–Crippen MR) is 95.5 cm³/mol. The smallest absolute Gasteiger partial charge is 0.327 e. The van der Waals surface area contributed by atoms with E-state index in [0.29, 0.717) is 17.2 Å². The zero-order chi connectivity index (χ0) is 18.8. The van der Waals surface area contributed by atoms with Gasteiger partial charge in [0.1, 0.15) is 17.1 Å². The van der Waals surface area contributed by atoms with Gasteiger partial charge in [-0.2, -0.15) is 0 Å². The van der Waals surface area contributed by atoms with Crippen molar-refractivity contribution in [1.82, 2.24) is 15.0 Å². The van der Waals surface area contributed by atoms with Crippen molar-refractivity contribution in [2.75, 3.05) is 19.5 Å². The average molecular weight is 377 g/mol. The number of hydrogen-bond donors (Lipinski definition) is 3. The Morgan fingerprint density at radius 3 is 2.54 bits per heavy atom. The molecule has 0 bridgehead atoms. The second-order valence-corrected chi connectivity index (χ2v) is 5.58. The molecular weight excluding hydrogens is 364 g/mol. The molecule has 3 N–H and O–H groups in total. The number of amides is 1. The molecule has 0 aliphatic carbocycles. The summed E-state index contributed by atoms with van der Waals surface area (Å²) in [5.41, 5.74) is -0.802. The molecule has 0 saturated carbocycles. The molecular formula is C16H13ClN4O5. The van der Waals surface area contributed by atoms with Gasteiger partial charge in [0.2, 0.25) is 0 Å². The third-order valence-electron chi connectivity index (χ3n) is 3.58. The van der Waals surface area contributed by atoms with E-state index >= 15 is 0 Å². The second-order valence-electron chi connectivity index (χ2n) is 5.17. The number of H-pyrrole nitrogens is 2. The lowest BCUT2D eigenvalue weighted by Crippen LogP contribution is -2.23. The Balaban J connectivity index is 1.98. The van der Waals surface area contributed by atoms with Crippen LogP contribution in [0.4, 0.5) is 5.69 Å². The fourth-order valence-corrected chi connectivity index (χ4v) is 2.56. The van der Waals surface area contributed by atoms with Crippen LogP contribution >= 0.6 is 11.6 Å². The van der Waals surface area contributed by atoms with Crippen LogP contribution in [0.1, 0.15) is 10.4 Å².